The molecule has 0 radical (unpaired) electrons. The highest BCUT2D eigenvalue weighted by Crippen LogP contribution is 2.22. The molecule has 0 saturated heterocycles. The Morgan fingerprint density at radius 3 is 2.61 bits per heavy atom. The van der Waals surface area contributed by atoms with Gasteiger partial charge in [0.2, 0.25) is 5.91 Å². The Hall–Kier alpha value is -2.09. The maximum Gasteiger partial charge on any atom is 0.342 e. The summed E-state index contributed by atoms with van der Waals surface area (Å²) in [5.41, 5.74) is -0.0426. The first kappa shape index (κ1) is 19.0. The lowest BCUT2D eigenvalue weighted by Gasteiger charge is -2.20. The molecule has 0 aliphatic heterocycles. The minimum Gasteiger partial charge on any atom is -0.507 e. The van der Waals surface area contributed by atoms with Gasteiger partial charge in [-0.05, 0) is 32.0 Å². The zero-order chi connectivity index (χ0) is 17.4. The van der Waals surface area contributed by atoms with Gasteiger partial charge in [0, 0.05) is 17.6 Å². The van der Waals surface area contributed by atoms with E-state index < -0.39 is 18.5 Å². The van der Waals surface area contributed by atoms with E-state index in [1.165, 1.54) is 17.0 Å². The molecule has 8 heteroatoms. The average molecular weight is 387 g/mol. The van der Waals surface area contributed by atoms with Crippen LogP contribution in [0.15, 0.2) is 22.7 Å². The number of carbonyl (C=O) groups is 3. The summed E-state index contributed by atoms with van der Waals surface area (Å²) in [5.74, 6) is -1.81. The second-order valence-electron chi connectivity index (χ2n) is 4.60. The fourth-order valence-corrected chi connectivity index (χ4v) is 2.13. The van der Waals surface area contributed by atoms with Gasteiger partial charge in [-0.15, -0.1) is 0 Å². The fraction of sp³-hybridized carbons (Fsp3) is 0.400. The SMILES string of the molecule is CCNC(=O)CN(CC)C(=O)COC(=O)c1cc(Br)ccc1O. The first-order valence-corrected chi connectivity index (χ1v) is 7.88. The quantitative estimate of drug-likeness (QED) is 0.688. The number of amides is 2. The van der Waals surface area contributed by atoms with Crippen molar-refractivity contribution in [2.75, 3.05) is 26.2 Å². The highest BCUT2D eigenvalue weighted by atomic mass is 79.9. The van der Waals surface area contributed by atoms with E-state index in [2.05, 4.69) is 21.2 Å². The topological polar surface area (TPSA) is 95.9 Å². The van der Waals surface area contributed by atoms with Crippen LogP contribution in [0.4, 0.5) is 0 Å². The summed E-state index contributed by atoms with van der Waals surface area (Å²) in [6.07, 6.45) is 0. The molecule has 0 fully saturated rings. The van der Waals surface area contributed by atoms with E-state index >= 15 is 0 Å². The number of aromatic hydroxyl groups is 1. The third kappa shape index (κ3) is 5.90. The summed E-state index contributed by atoms with van der Waals surface area (Å²) in [6.45, 7) is 3.69. The maximum atomic E-state index is 12.0. The Morgan fingerprint density at radius 1 is 1.30 bits per heavy atom. The molecule has 0 bridgehead atoms. The number of nitrogens with one attached hydrogen (secondary N) is 1. The number of hydrogen-bond donors (Lipinski definition) is 2. The number of likely N-dealkylation sites (N-methyl/N-ethyl adjacent to an activating group) is 2. The standard InChI is InChI=1S/C15H19BrN2O5/c1-3-17-13(20)8-18(4-2)14(21)9-23-15(22)11-7-10(16)5-6-12(11)19/h5-7,19H,3-4,8-9H2,1-2H3,(H,17,20). The zero-order valence-electron chi connectivity index (χ0n) is 13.0. The Kier molecular flexibility index (Phi) is 7.53. The molecule has 23 heavy (non-hydrogen) atoms. The molecule has 0 atom stereocenters. The molecule has 0 unspecified atom stereocenters. The van der Waals surface area contributed by atoms with Crippen molar-refractivity contribution < 1.29 is 24.2 Å². The third-order valence-electron chi connectivity index (χ3n) is 2.95. The lowest BCUT2D eigenvalue weighted by atomic mass is 10.2. The molecule has 1 aromatic rings. The normalized spacial score (nSPS) is 10.0. The summed E-state index contributed by atoms with van der Waals surface area (Å²) < 4.78 is 5.50. The number of rotatable bonds is 7. The Morgan fingerprint density at radius 2 is 2.00 bits per heavy atom. The number of benzene rings is 1. The van der Waals surface area contributed by atoms with Gasteiger partial charge in [-0.1, -0.05) is 15.9 Å². The van der Waals surface area contributed by atoms with Gasteiger partial charge < -0.3 is 20.1 Å². The molecule has 2 amide bonds. The molecule has 1 rings (SSSR count). The van der Waals surface area contributed by atoms with Gasteiger partial charge in [-0.2, -0.15) is 0 Å². The van der Waals surface area contributed by atoms with E-state index in [1.54, 1.807) is 19.9 Å². The van der Waals surface area contributed by atoms with Crippen LogP contribution in [-0.4, -0.2) is 54.0 Å². The summed E-state index contributed by atoms with van der Waals surface area (Å²) in [5, 5.41) is 12.2. The fourth-order valence-electron chi connectivity index (χ4n) is 1.77. The van der Waals surface area contributed by atoms with Gasteiger partial charge >= 0.3 is 5.97 Å². The van der Waals surface area contributed by atoms with E-state index in [0.717, 1.165) is 0 Å². The predicted molar refractivity (Wildman–Crippen MR) is 87.0 cm³/mol. The Balaban J connectivity index is 2.61. The molecule has 0 spiro atoms. The number of halogens is 1. The van der Waals surface area contributed by atoms with Crippen molar-refractivity contribution in [1.29, 1.82) is 0 Å². The molecular weight excluding hydrogens is 368 g/mol. The number of phenolic OH excluding ortho intramolecular Hbond substituents is 1. The van der Waals surface area contributed by atoms with E-state index in [0.29, 0.717) is 17.6 Å². The van der Waals surface area contributed by atoms with Crippen molar-refractivity contribution >= 4 is 33.7 Å². The summed E-state index contributed by atoms with van der Waals surface area (Å²) in [7, 11) is 0. The molecule has 0 aliphatic carbocycles. The number of phenols is 1. The van der Waals surface area contributed by atoms with E-state index in [9.17, 15) is 19.5 Å². The van der Waals surface area contributed by atoms with Crippen LogP contribution in [0, 0.1) is 0 Å². The first-order valence-electron chi connectivity index (χ1n) is 7.09. The van der Waals surface area contributed by atoms with Crippen LogP contribution in [0.2, 0.25) is 0 Å². The molecule has 126 valence electrons. The van der Waals surface area contributed by atoms with Crippen molar-refractivity contribution in [2.24, 2.45) is 0 Å². The highest BCUT2D eigenvalue weighted by molar-refractivity contribution is 9.10. The van der Waals surface area contributed by atoms with Crippen molar-refractivity contribution in [3.63, 3.8) is 0 Å². The van der Waals surface area contributed by atoms with Crippen LogP contribution in [0.1, 0.15) is 24.2 Å². The van der Waals surface area contributed by atoms with Gasteiger partial charge in [0.05, 0.1) is 6.54 Å². The number of ether oxygens (including phenoxy) is 1. The monoisotopic (exact) mass is 386 g/mol. The first-order chi connectivity index (χ1) is 10.9. The van der Waals surface area contributed by atoms with E-state index in [-0.39, 0.29) is 23.8 Å². The number of hydrogen-bond acceptors (Lipinski definition) is 5. The van der Waals surface area contributed by atoms with Gasteiger partial charge in [0.25, 0.3) is 5.91 Å². The van der Waals surface area contributed by atoms with Gasteiger partial charge in [-0.25, -0.2) is 4.79 Å². The lowest BCUT2D eigenvalue weighted by molar-refractivity contribution is -0.138. The molecule has 0 saturated carbocycles. The highest BCUT2D eigenvalue weighted by Gasteiger charge is 2.19. The van der Waals surface area contributed by atoms with Gasteiger partial charge in [0.1, 0.15) is 11.3 Å². The molecular formula is C15H19BrN2O5. The molecule has 7 nitrogen and oxygen atoms in total. The average Bonchev–Trinajstić information content (AvgIpc) is 2.52. The van der Waals surface area contributed by atoms with Gasteiger partial charge in [0.15, 0.2) is 6.61 Å². The second kappa shape index (κ2) is 9.14. The van der Waals surface area contributed by atoms with Crippen molar-refractivity contribution in [3.05, 3.63) is 28.2 Å². The van der Waals surface area contributed by atoms with Crippen LogP contribution < -0.4 is 5.32 Å². The number of esters is 1. The van der Waals surface area contributed by atoms with Gasteiger partial charge in [-0.3, -0.25) is 9.59 Å². The molecule has 0 heterocycles. The van der Waals surface area contributed by atoms with Crippen molar-refractivity contribution in [3.8, 4) is 5.75 Å². The van der Waals surface area contributed by atoms with E-state index in [1.807, 2.05) is 0 Å². The van der Waals surface area contributed by atoms with Crippen molar-refractivity contribution in [2.45, 2.75) is 13.8 Å². The van der Waals surface area contributed by atoms with Crippen LogP contribution in [0.3, 0.4) is 0 Å². The molecule has 0 aliphatic rings. The predicted octanol–water partition coefficient (Wildman–Crippen LogP) is 1.30. The minimum absolute atomic E-state index is 0.0426. The van der Waals surface area contributed by atoms with E-state index in [4.69, 9.17) is 4.74 Å². The van der Waals surface area contributed by atoms with Crippen molar-refractivity contribution in [1.82, 2.24) is 10.2 Å². The largest absolute Gasteiger partial charge is 0.507 e. The minimum atomic E-state index is -0.814. The number of nitrogens with zero attached hydrogens (tertiary/aromatic N) is 1. The maximum absolute atomic E-state index is 12.0. The second-order valence-corrected chi connectivity index (χ2v) is 5.51. The van der Waals surface area contributed by atoms with Crippen LogP contribution in [0.25, 0.3) is 0 Å². The number of carbonyl (C=O) groups excluding carboxylic acids is 3. The Labute approximate surface area is 142 Å². The van der Waals surface area contributed by atoms with Crippen LogP contribution in [0.5, 0.6) is 5.75 Å². The summed E-state index contributed by atoms with van der Waals surface area (Å²) in [6, 6.07) is 4.31. The summed E-state index contributed by atoms with van der Waals surface area (Å²) >= 11 is 3.18. The van der Waals surface area contributed by atoms with Crippen LogP contribution in [-0.2, 0) is 14.3 Å². The summed E-state index contributed by atoms with van der Waals surface area (Å²) in [4.78, 5) is 36.7. The lowest BCUT2D eigenvalue weighted by Crippen LogP contribution is -2.42. The molecule has 1 aromatic carbocycles. The van der Waals surface area contributed by atoms with Crippen LogP contribution >= 0.6 is 15.9 Å². The molecule has 0 aromatic heterocycles. The molecule has 2 N–H and O–H groups in total. The smallest absolute Gasteiger partial charge is 0.342 e. The Bertz CT molecular complexity index is 591. The third-order valence-corrected chi connectivity index (χ3v) is 3.44. The zero-order valence-corrected chi connectivity index (χ0v) is 14.6.